The van der Waals surface area contributed by atoms with E-state index in [0.717, 1.165) is 23.7 Å². The minimum Gasteiger partial charge on any atom is -0.497 e. The second-order valence-corrected chi connectivity index (χ2v) is 4.16. The van der Waals surface area contributed by atoms with E-state index in [0.29, 0.717) is 5.92 Å². The van der Waals surface area contributed by atoms with Gasteiger partial charge in [0.05, 0.1) is 14.2 Å². The van der Waals surface area contributed by atoms with Crippen LogP contribution in [-0.4, -0.2) is 20.8 Å². The molecule has 0 aliphatic carbocycles. The summed E-state index contributed by atoms with van der Waals surface area (Å²) in [5.74, 6) is 2.35. The van der Waals surface area contributed by atoms with Gasteiger partial charge in [0.25, 0.3) is 0 Å². The van der Waals surface area contributed by atoms with E-state index in [1.54, 1.807) is 14.2 Å². The minimum atomic E-state index is 0.715. The highest BCUT2D eigenvalue weighted by atomic mass is 16.5. The van der Waals surface area contributed by atoms with E-state index in [4.69, 9.17) is 9.47 Å². The number of benzene rings is 1. The molecule has 0 amide bonds. The van der Waals surface area contributed by atoms with Gasteiger partial charge >= 0.3 is 0 Å². The van der Waals surface area contributed by atoms with E-state index < -0.39 is 0 Å². The lowest BCUT2D eigenvalue weighted by Crippen LogP contribution is -2.12. The summed E-state index contributed by atoms with van der Waals surface area (Å²) in [5.41, 5.74) is 1.05. The van der Waals surface area contributed by atoms with E-state index in [2.05, 4.69) is 19.2 Å². The Bertz CT molecular complexity index is 313. The number of ether oxygens (including phenoxy) is 2. The standard InChI is InChI=1S/C14H23NO2/c1-5-11(6-2)10-15-12-7-13(16-3)9-14(8-12)17-4/h7-9,11,15H,5-6,10H2,1-4H3. The van der Waals surface area contributed by atoms with Gasteiger partial charge in [-0.2, -0.15) is 0 Å². The number of nitrogens with one attached hydrogen (secondary N) is 1. The van der Waals surface area contributed by atoms with Crippen LogP contribution in [0.1, 0.15) is 26.7 Å². The Hall–Kier alpha value is -1.38. The topological polar surface area (TPSA) is 30.5 Å². The fourth-order valence-electron chi connectivity index (χ4n) is 1.75. The molecule has 0 bridgehead atoms. The molecule has 0 radical (unpaired) electrons. The van der Waals surface area contributed by atoms with Crippen LogP contribution in [0.3, 0.4) is 0 Å². The van der Waals surface area contributed by atoms with Gasteiger partial charge in [0, 0.05) is 30.4 Å². The van der Waals surface area contributed by atoms with Crippen molar-refractivity contribution in [2.75, 3.05) is 26.1 Å². The lowest BCUT2D eigenvalue weighted by Gasteiger charge is -2.15. The highest BCUT2D eigenvalue weighted by Crippen LogP contribution is 2.26. The first-order chi connectivity index (χ1) is 8.23. The number of hydrogen-bond donors (Lipinski definition) is 1. The maximum absolute atomic E-state index is 5.24. The molecule has 0 unspecified atom stereocenters. The van der Waals surface area contributed by atoms with Crippen LogP contribution >= 0.6 is 0 Å². The fraction of sp³-hybridized carbons (Fsp3) is 0.571. The van der Waals surface area contributed by atoms with Gasteiger partial charge in [0.2, 0.25) is 0 Å². The number of rotatable bonds is 7. The highest BCUT2D eigenvalue weighted by molar-refractivity contribution is 5.53. The summed E-state index contributed by atoms with van der Waals surface area (Å²) in [6.45, 7) is 5.44. The van der Waals surface area contributed by atoms with Crippen LogP contribution in [0.5, 0.6) is 11.5 Å². The monoisotopic (exact) mass is 237 g/mol. The summed E-state index contributed by atoms with van der Waals surface area (Å²) in [6, 6.07) is 5.86. The second-order valence-electron chi connectivity index (χ2n) is 4.16. The molecule has 1 rings (SSSR count). The molecular weight excluding hydrogens is 214 g/mol. The van der Waals surface area contributed by atoms with Crippen LogP contribution in [-0.2, 0) is 0 Å². The van der Waals surface area contributed by atoms with Crippen molar-refractivity contribution in [3.8, 4) is 11.5 Å². The Labute approximate surface area is 104 Å². The molecule has 0 heterocycles. The number of hydrogen-bond acceptors (Lipinski definition) is 3. The molecule has 0 spiro atoms. The number of methoxy groups -OCH3 is 2. The second kappa shape index (κ2) is 7.05. The van der Waals surface area contributed by atoms with Crippen molar-refractivity contribution in [2.45, 2.75) is 26.7 Å². The third-order valence-corrected chi connectivity index (χ3v) is 3.10. The maximum atomic E-state index is 5.24. The van der Waals surface area contributed by atoms with Gasteiger partial charge in [0.15, 0.2) is 0 Å². The zero-order valence-corrected chi connectivity index (χ0v) is 11.2. The van der Waals surface area contributed by atoms with Crippen LogP contribution in [0.2, 0.25) is 0 Å². The van der Waals surface area contributed by atoms with E-state index in [9.17, 15) is 0 Å². The molecule has 1 aromatic carbocycles. The number of anilines is 1. The summed E-state index contributed by atoms with van der Waals surface area (Å²) < 4.78 is 10.5. The summed E-state index contributed by atoms with van der Waals surface area (Å²) in [5, 5.41) is 3.44. The highest BCUT2D eigenvalue weighted by Gasteiger charge is 2.05. The van der Waals surface area contributed by atoms with Gasteiger partial charge < -0.3 is 14.8 Å². The van der Waals surface area contributed by atoms with E-state index >= 15 is 0 Å². The average molecular weight is 237 g/mol. The van der Waals surface area contributed by atoms with E-state index in [-0.39, 0.29) is 0 Å². The van der Waals surface area contributed by atoms with Crippen LogP contribution in [0.15, 0.2) is 18.2 Å². The molecule has 0 aromatic heterocycles. The molecule has 3 heteroatoms. The molecule has 0 atom stereocenters. The van der Waals surface area contributed by atoms with Crippen LogP contribution in [0.25, 0.3) is 0 Å². The van der Waals surface area contributed by atoms with Crippen LogP contribution < -0.4 is 14.8 Å². The predicted octanol–water partition coefficient (Wildman–Crippen LogP) is 3.55. The summed E-state index contributed by atoms with van der Waals surface area (Å²) >= 11 is 0. The minimum absolute atomic E-state index is 0.715. The summed E-state index contributed by atoms with van der Waals surface area (Å²) in [4.78, 5) is 0. The van der Waals surface area contributed by atoms with Gasteiger partial charge in [-0.05, 0) is 5.92 Å². The molecule has 0 saturated heterocycles. The third-order valence-electron chi connectivity index (χ3n) is 3.10. The Balaban J connectivity index is 2.69. The summed E-state index contributed by atoms with van der Waals surface area (Å²) in [7, 11) is 3.33. The Morgan fingerprint density at radius 1 is 1.00 bits per heavy atom. The first kappa shape index (κ1) is 13.7. The van der Waals surface area contributed by atoms with Crippen molar-refractivity contribution in [2.24, 2.45) is 5.92 Å². The SMILES string of the molecule is CCC(CC)CNc1cc(OC)cc(OC)c1. The zero-order chi connectivity index (χ0) is 12.7. The van der Waals surface area contributed by atoms with Gasteiger partial charge in [-0.15, -0.1) is 0 Å². The summed E-state index contributed by atoms with van der Waals surface area (Å²) in [6.07, 6.45) is 2.40. The van der Waals surface area contributed by atoms with Crippen molar-refractivity contribution >= 4 is 5.69 Å². The van der Waals surface area contributed by atoms with Crippen molar-refractivity contribution < 1.29 is 9.47 Å². The average Bonchev–Trinajstić information content (AvgIpc) is 2.39. The molecule has 1 aromatic rings. The quantitative estimate of drug-likeness (QED) is 0.786. The Morgan fingerprint density at radius 3 is 1.94 bits per heavy atom. The zero-order valence-electron chi connectivity index (χ0n) is 11.2. The molecule has 3 nitrogen and oxygen atoms in total. The van der Waals surface area contributed by atoms with Gasteiger partial charge in [-0.3, -0.25) is 0 Å². The van der Waals surface area contributed by atoms with Crippen molar-refractivity contribution in [3.63, 3.8) is 0 Å². The third kappa shape index (κ3) is 4.17. The molecule has 0 aliphatic rings. The maximum Gasteiger partial charge on any atom is 0.124 e. The molecule has 1 N–H and O–H groups in total. The molecular formula is C14H23NO2. The first-order valence-corrected chi connectivity index (χ1v) is 6.20. The van der Waals surface area contributed by atoms with Crippen LogP contribution in [0.4, 0.5) is 5.69 Å². The fourth-order valence-corrected chi connectivity index (χ4v) is 1.75. The molecule has 96 valence electrons. The van der Waals surface area contributed by atoms with Crippen molar-refractivity contribution in [1.82, 2.24) is 0 Å². The molecule has 17 heavy (non-hydrogen) atoms. The molecule has 0 saturated carbocycles. The smallest absolute Gasteiger partial charge is 0.124 e. The Kier molecular flexibility index (Phi) is 5.67. The Morgan fingerprint density at radius 2 is 1.53 bits per heavy atom. The van der Waals surface area contributed by atoms with Crippen molar-refractivity contribution in [3.05, 3.63) is 18.2 Å². The van der Waals surface area contributed by atoms with E-state index in [1.807, 2.05) is 18.2 Å². The largest absolute Gasteiger partial charge is 0.497 e. The normalized spacial score (nSPS) is 10.4. The predicted molar refractivity (Wildman–Crippen MR) is 72.1 cm³/mol. The van der Waals surface area contributed by atoms with Crippen molar-refractivity contribution in [1.29, 1.82) is 0 Å². The van der Waals surface area contributed by atoms with Crippen LogP contribution in [0, 0.1) is 5.92 Å². The molecule has 0 aliphatic heterocycles. The molecule has 0 fully saturated rings. The first-order valence-electron chi connectivity index (χ1n) is 6.20. The van der Waals surface area contributed by atoms with E-state index in [1.165, 1.54) is 12.8 Å². The lowest BCUT2D eigenvalue weighted by molar-refractivity contribution is 0.394. The lowest BCUT2D eigenvalue weighted by atomic mass is 10.0. The van der Waals surface area contributed by atoms with Gasteiger partial charge in [-0.1, -0.05) is 26.7 Å². The van der Waals surface area contributed by atoms with Gasteiger partial charge in [-0.25, -0.2) is 0 Å². The van der Waals surface area contributed by atoms with Gasteiger partial charge in [0.1, 0.15) is 11.5 Å².